The van der Waals surface area contributed by atoms with Crippen molar-refractivity contribution in [3.63, 3.8) is 0 Å². The fourth-order valence-electron chi connectivity index (χ4n) is 0.977. The second-order valence-electron chi connectivity index (χ2n) is 2.49. The molecule has 0 saturated heterocycles. The zero-order valence-electron chi connectivity index (χ0n) is 6.43. The Labute approximate surface area is 64.0 Å². The van der Waals surface area contributed by atoms with Gasteiger partial charge in [-0.25, -0.2) is 0 Å². The summed E-state index contributed by atoms with van der Waals surface area (Å²) in [7, 11) is 1.38. The van der Waals surface area contributed by atoms with Crippen molar-refractivity contribution >= 4 is 8.19 Å². The molecule has 0 amide bonds. The van der Waals surface area contributed by atoms with Crippen molar-refractivity contribution in [2.45, 2.75) is 32.6 Å². The smallest absolute Gasteiger partial charge is 0.0424 e. The molecule has 0 fully saturated rings. The number of H-pyrrole nitrogens is 1. The standard InChI is InChI=1S/C8H14NP/c1-2-3-4-5-8-9-6-7-10-8/h6-7,9H,2-5H2,1H3. The number of aryl methyl sites for hydroxylation is 1. The molecule has 0 radical (unpaired) electrons. The van der Waals surface area contributed by atoms with Crippen LogP contribution in [0.5, 0.6) is 0 Å². The molecule has 0 saturated carbocycles. The molecule has 10 heavy (non-hydrogen) atoms. The zero-order valence-corrected chi connectivity index (χ0v) is 7.32. The van der Waals surface area contributed by atoms with E-state index in [0.29, 0.717) is 0 Å². The highest BCUT2D eigenvalue weighted by molar-refractivity contribution is 7.29. The first-order valence-corrected chi connectivity index (χ1v) is 4.88. The molecule has 1 nitrogen and oxygen atoms in total. The van der Waals surface area contributed by atoms with Crippen molar-refractivity contribution in [3.8, 4) is 0 Å². The largest absolute Gasteiger partial charge is 0.361 e. The molecule has 0 aliphatic rings. The number of nitrogens with one attached hydrogen (secondary N) is 1. The third kappa shape index (κ3) is 2.53. The van der Waals surface area contributed by atoms with E-state index < -0.39 is 0 Å². The summed E-state index contributed by atoms with van der Waals surface area (Å²) < 4.78 is 0. The van der Waals surface area contributed by atoms with E-state index in [9.17, 15) is 0 Å². The van der Waals surface area contributed by atoms with Crippen molar-refractivity contribution in [2.75, 3.05) is 0 Å². The topological polar surface area (TPSA) is 15.8 Å². The molecule has 1 N–H and O–H groups in total. The third-order valence-electron chi connectivity index (χ3n) is 1.57. The van der Waals surface area contributed by atoms with E-state index in [4.69, 9.17) is 0 Å². The van der Waals surface area contributed by atoms with E-state index >= 15 is 0 Å². The first kappa shape index (κ1) is 7.81. The van der Waals surface area contributed by atoms with Gasteiger partial charge in [-0.3, -0.25) is 0 Å². The van der Waals surface area contributed by atoms with Crippen LogP contribution < -0.4 is 0 Å². The van der Waals surface area contributed by atoms with Gasteiger partial charge >= 0.3 is 0 Å². The highest BCUT2D eigenvalue weighted by Gasteiger charge is 1.91. The van der Waals surface area contributed by atoms with Crippen molar-refractivity contribution in [1.29, 1.82) is 0 Å². The van der Waals surface area contributed by atoms with Gasteiger partial charge < -0.3 is 4.98 Å². The molecule has 0 aromatic carbocycles. The van der Waals surface area contributed by atoms with Crippen LogP contribution >= 0.6 is 8.19 Å². The number of aromatic nitrogens is 1. The lowest BCUT2D eigenvalue weighted by Gasteiger charge is -1.93. The highest BCUT2D eigenvalue weighted by Crippen LogP contribution is 2.13. The Kier molecular flexibility index (Phi) is 3.53. The molecule has 0 aliphatic heterocycles. The number of hydrogen-bond acceptors (Lipinski definition) is 0. The number of rotatable bonds is 4. The average molecular weight is 155 g/mol. The van der Waals surface area contributed by atoms with Crippen LogP contribution in [0.25, 0.3) is 0 Å². The highest BCUT2D eigenvalue weighted by atomic mass is 31.0. The van der Waals surface area contributed by atoms with Gasteiger partial charge in [-0.1, -0.05) is 28.0 Å². The van der Waals surface area contributed by atoms with Gasteiger partial charge in [0, 0.05) is 11.6 Å². The minimum Gasteiger partial charge on any atom is -0.361 e. The molecular weight excluding hydrogens is 141 g/mol. The molecule has 0 bridgehead atoms. The SMILES string of the molecule is CCCCCc1[nH]ccp1. The van der Waals surface area contributed by atoms with E-state index in [-0.39, 0.29) is 0 Å². The summed E-state index contributed by atoms with van der Waals surface area (Å²) in [6, 6.07) is 0. The Bertz CT molecular complexity index is 158. The van der Waals surface area contributed by atoms with Crippen LogP contribution in [0.3, 0.4) is 0 Å². The second-order valence-corrected chi connectivity index (χ2v) is 3.59. The molecule has 0 spiro atoms. The van der Waals surface area contributed by atoms with Gasteiger partial charge in [0.15, 0.2) is 0 Å². The van der Waals surface area contributed by atoms with E-state index in [2.05, 4.69) is 17.7 Å². The van der Waals surface area contributed by atoms with Crippen molar-refractivity contribution in [2.24, 2.45) is 0 Å². The summed E-state index contributed by atoms with van der Waals surface area (Å²) in [5.41, 5.74) is 1.47. The second kappa shape index (κ2) is 4.51. The predicted molar refractivity (Wildman–Crippen MR) is 46.5 cm³/mol. The zero-order chi connectivity index (χ0) is 7.23. The molecule has 1 aromatic rings. The van der Waals surface area contributed by atoms with Gasteiger partial charge in [-0.05, 0) is 18.6 Å². The molecule has 2 heteroatoms. The van der Waals surface area contributed by atoms with E-state index in [1.165, 1.54) is 39.3 Å². The third-order valence-corrected chi connectivity index (χ3v) is 2.53. The van der Waals surface area contributed by atoms with Crippen LogP contribution in [0, 0.1) is 0 Å². The lowest BCUT2D eigenvalue weighted by molar-refractivity contribution is 0.715. The summed E-state index contributed by atoms with van der Waals surface area (Å²) in [6.45, 7) is 2.24. The molecule has 0 atom stereocenters. The van der Waals surface area contributed by atoms with Crippen molar-refractivity contribution < 1.29 is 0 Å². The van der Waals surface area contributed by atoms with E-state index in [1.54, 1.807) is 0 Å². The Morgan fingerprint density at radius 2 is 2.40 bits per heavy atom. The average Bonchev–Trinajstić information content (AvgIpc) is 2.41. The Morgan fingerprint density at radius 3 is 3.00 bits per heavy atom. The molecule has 1 rings (SSSR count). The Balaban J connectivity index is 2.15. The first-order valence-electron chi connectivity index (χ1n) is 3.91. The van der Waals surface area contributed by atoms with E-state index in [0.717, 1.165) is 0 Å². The maximum Gasteiger partial charge on any atom is 0.0424 e. The van der Waals surface area contributed by atoms with Crippen LogP contribution in [-0.4, -0.2) is 4.98 Å². The molecule has 1 aromatic heterocycles. The van der Waals surface area contributed by atoms with Crippen LogP contribution in [0.2, 0.25) is 0 Å². The monoisotopic (exact) mass is 155 g/mol. The molecule has 1 heterocycles. The first-order chi connectivity index (χ1) is 4.93. The van der Waals surface area contributed by atoms with Crippen LogP contribution in [0.1, 0.15) is 31.6 Å². The minimum atomic E-state index is 1.25. The summed E-state index contributed by atoms with van der Waals surface area (Å²) in [4.78, 5) is 3.24. The maximum atomic E-state index is 3.24. The predicted octanol–water partition coefficient (Wildman–Crippen LogP) is 3.33. The Hall–Kier alpha value is -0.290. The van der Waals surface area contributed by atoms with Gasteiger partial charge in [0.05, 0.1) is 0 Å². The minimum absolute atomic E-state index is 1.25. The van der Waals surface area contributed by atoms with Gasteiger partial charge in [-0.2, -0.15) is 0 Å². The van der Waals surface area contributed by atoms with Gasteiger partial charge in [0.25, 0.3) is 0 Å². The number of hydrogen-bond donors (Lipinski definition) is 1. The quantitative estimate of drug-likeness (QED) is 0.642. The van der Waals surface area contributed by atoms with Crippen LogP contribution in [0.15, 0.2) is 12.0 Å². The fourth-order valence-corrected chi connectivity index (χ4v) is 1.74. The number of unbranched alkanes of at least 4 members (excludes halogenated alkanes) is 2. The number of aromatic amines is 1. The maximum absolute atomic E-state index is 3.24. The van der Waals surface area contributed by atoms with Crippen molar-refractivity contribution in [1.82, 2.24) is 4.98 Å². The van der Waals surface area contributed by atoms with Gasteiger partial charge in [0.2, 0.25) is 0 Å². The van der Waals surface area contributed by atoms with Crippen LogP contribution in [0.4, 0.5) is 0 Å². The summed E-state index contributed by atoms with van der Waals surface area (Å²) in [5, 5.41) is 0. The molecule has 0 aliphatic carbocycles. The molecule has 56 valence electrons. The van der Waals surface area contributed by atoms with Crippen LogP contribution in [-0.2, 0) is 6.42 Å². The van der Waals surface area contributed by atoms with E-state index in [1.807, 2.05) is 6.20 Å². The Morgan fingerprint density at radius 1 is 1.50 bits per heavy atom. The van der Waals surface area contributed by atoms with Crippen molar-refractivity contribution in [3.05, 3.63) is 17.4 Å². The van der Waals surface area contributed by atoms with Gasteiger partial charge in [-0.15, -0.1) is 0 Å². The summed E-state index contributed by atoms with van der Waals surface area (Å²) >= 11 is 0. The van der Waals surface area contributed by atoms with Gasteiger partial charge in [0.1, 0.15) is 0 Å². The lowest BCUT2D eigenvalue weighted by atomic mass is 10.2. The normalized spacial score (nSPS) is 10.9. The fraction of sp³-hybridized carbons (Fsp3) is 0.625. The molecular formula is C8H14NP. The lowest BCUT2D eigenvalue weighted by Crippen LogP contribution is -1.81. The molecule has 0 unspecified atom stereocenters. The summed E-state index contributed by atoms with van der Waals surface area (Å²) in [6.07, 6.45) is 7.30. The summed E-state index contributed by atoms with van der Waals surface area (Å²) in [5.74, 6) is 2.15.